The van der Waals surface area contributed by atoms with E-state index in [-0.39, 0.29) is 62.9 Å². The second-order valence-corrected chi connectivity index (χ2v) is 6.74. The average molecular weight is 400 g/mol. The number of nitrogens with two attached hydrogens (primary N) is 1. The van der Waals surface area contributed by atoms with Gasteiger partial charge in [0.15, 0.2) is 0 Å². The number of carbonyl (C=O) groups excluding carboxylic acids is 3. The standard InChI is InChI=1S/C18H32N4O6/c1-2-18(27)28-13-14-11-22(10-9-21(14)12-17(25)26)16(24)6-8-20-15(23)5-3-4-7-19/h14H,2-13,19H2,1H3,(H,20,23)(H,25,26). The van der Waals surface area contributed by atoms with Crippen molar-refractivity contribution in [3.8, 4) is 0 Å². The number of carbonyl (C=O) groups is 4. The number of carboxylic acid groups (broad SMARTS) is 1. The zero-order chi connectivity index (χ0) is 20.9. The summed E-state index contributed by atoms with van der Waals surface area (Å²) in [4.78, 5) is 49.9. The van der Waals surface area contributed by atoms with Crippen molar-refractivity contribution >= 4 is 23.8 Å². The molecule has 1 rings (SSSR count). The van der Waals surface area contributed by atoms with Gasteiger partial charge in [0, 0.05) is 45.4 Å². The number of amides is 2. The summed E-state index contributed by atoms with van der Waals surface area (Å²) in [6.45, 7) is 3.43. The van der Waals surface area contributed by atoms with Crippen molar-refractivity contribution < 1.29 is 29.0 Å². The smallest absolute Gasteiger partial charge is 0.317 e. The molecule has 1 aliphatic heterocycles. The first kappa shape index (κ1) is 23.8. The zero-order valence-electron chi connectivity index (χ0n) is 16.5. The minimum atomic E-state index is -0.969. The van der Waals surface area contributed by atoms with E-state index in [9.17, 15) is 19.2 Å². The van der Waals surface area contributed by atoms with Crippen LogP contribution in [0.3, 0.4) is 0 Å². The van der Waals surface area contributed by atoms with Crippen molar-refractivity contribution in [1.82, 2.24) is 15.1 Å². The van der Waals surface area contributed by atoms with Gasteiger partial charge in [-0.15, -0.1) is 0 Å². The van der Waals surface area contributed by atoms with E-state index in [0.717, 1.165) is 12.8 Å². The highest BCUT2D eigenvalue weighted by atomic mass is 16.5. The fourth-order valence-electron chi connectivity index (χ4n) is 2.94. The Kier molecular flexibility index (Phi) is 11.1. The first-order valence-corrected chi connectivity index (χ1v) is 9.73. The molecular weight excluding hydrogens is 368 g/mol. The highest BCUT2D eigenvalue weighted by Gasteiger charge is 2.31. The van der Waals surface area contributed by atoms with Crippen LogP contribution in [-0.2, 0) is 23.9 Å². The molecule has 10 nitrogen and oxygen atoms in total. The van der Waals surface area contributed by atoms with Gasteiger partial charge in [-0.1, -0.05) is 6.92 Å². The Morgan fingerprint density at radius 1 is 1.18 bits per heavy atom. The molecule has 1 aliphatic rings. The number of carboxylic acids is 1. The Morgan fingerprint density at radius 2 is 1.93 bits per heavy atom. The predicted molar refractivity (Wildman–Crippen MR) is 101 cm³/mol. The highest BCUT2D eigenvalue weighted by Crippen LogP contribution is 2.12. The fraction of sp³-hybridized carbons (Fsp3) is 0.778. The first-order valence-electron chi connectivity index (χ1n) is 9.73. The van der Waals surface area contributed by atoms with Crippen LogP contribution in [0.15, 0.2) is 0 Å². The third-order valence-electron chi connectivity index (χ3n) is 4.54. The van der Waals surface area contributed by atoms with Crippen LogP contribution in [0.4, 0.5) is 0 Å². The van der Waals surface area contributed by atoms with Crippen molar-refractivity contribution in [2.24, 2.45) is 5.73 Å². The average Bonchev–Trinajstić information content (AvgIpc) is 2.66. The lowest BCUT2D eigenvalue weighted by Gasteiger charge is -2.40. The van der Waals surface area contributed by atoms with Gasteiger partial charge in [0.05, 0.1) is 12.6 Å². The van der Waals surface area contributed by atoms with Gasteiger partial charge in [-0.05, 0) is 19.4 Å². The SMILES string of the molecule is CCC(=O)OCC1CN(C(=O)CCNC(=O)CCCCN)CCN1CC(=O)O. The lowest BCUT2D eigenvalue weighted by atomic mass is 10.1. The van der Waals surface area contributed by atoms with Gasteiger partial charge < -0.3 is 25.8 Å². The number of esters is 1. The fourth-order valence-corrected chi connectivity index (χ4v) is 2.94. The van der Waals surface area contributed by atoms with Crippen molar-refractivity contribution in [2.45, 2.75) is 45.1 Å². The van der Waals surface area contributed by atoms with Crippen molar-refractivity contribution in [3.05, 3.63) is 0 Å². The van der Waals surface area contributed by atoms with Crippen LogP contribution in [0.25, 0.3) is 0 Å². The van der Waals surface area contributed by atoms with Gasteiger partial charge in [-0.2, -0.15) is 0 Å². The summed E-state index contributed by atoms with van der Waals surface area (Å²) in [6, 6.07) is -0.366. The van der Waals surface area contributed by atoms with E-state index in [1.54, 1.807) is 16.7 Å². The first-order chi connectivity index (χ1) is 13.4. The van der Waals surface area contributed by atoms with E-state index >= 15 is 0 Å². The molecule has 160 valence electrons. The largest absolute Gasteiger partial charge is 0.480 e. The maximum absolute atomic E-state index is 12.4. The molecule has 0 saturated carbocycles. The summed E-state index contributed by atoms with van der Waals surface area (Å²) < 4.78 is 5.15. The van der Waals surface area contributed by atoms with Crippen LogP contribution < -0.4 is 11.1 Å². The van der Waals surface area contributed by atoms with Crippen LogP contribution >= 0.6 is 0 Å². The molecule has 0 bridgehead atoms. The van der Waals surface area contributed by atoms with Gasteiger partial charge in [0.1, 0.15) is 6.61 Å². The van der Waals surface area contributed by atoms with Gasteiger partial charge >= 0.3 is 11.9 Å². The van der Waals surface area contributed by atoms with Crippen molar-refractivity contribution in [1.29, 1.82) is 0 Å². The number of ether oxygens (including phenoxy) is 1. The Balaban J connectivity index is 2.47. The summed E-state index contributed by atoms with van der Waals surface area (Å²) in [5, 5.41) is 11.8. The van der Waals surface area contributed by atoms with Crippen molar-refractivity contribution in [3.63, 3.8) is 0 Å². The molecule has 0 spiro atoms. The molecule has 1 atom stereocenters. The van der Waals surface area contributed by atoms with Gasteiger partial charge in [0.2, 0.25) is 11.8 Å². The summed E-state index contributed by atoms with van der Waals surface area (Å²) in [5.74, 6) is -1.55. The van der Waals surface area contributed by atoms with E-state index in [2.05, 4.69) is 5.32 Å². The molecule has 1 heterocycles. The summed E-state index contributed by atoms with van der Waals surface area (Å²) in [5.41, 5.74) is 5.39. The molecule has 0 aliphatic carbocycles. The second-order valence-electron chi connectivity index (χ2n) is 6.74. The van der Waals surface area contributed by atoms with Crippen LogP contribution in [0.5, 0.6) is 0 Å². The molecule has 1 fully saturated rings. The molecule has 28 heavy (non-hydrogen) atoms. The molecule has 0 aromatic rings. The third kappa shape index (κ3) is 9.14. The predicted octanol–water partition coefficient (Wildman–Crippen LogP) is -0.828. The number of aliphatic carboxylic acids is 1. The van der Waals surface area contributed by atoms with E-state index in [1.807, 2.05) is 0 Å². The molecular formula is C18H32N4O6. The monoisotopic (exact) mass is 400 g/mol. The van der Waals surface area contributed by atoms with Gasteiger partial charge in [-0.3, -0.25) is 24.1 Å². The number of rotatable bonds is 12. The number of hydrogen-bond donors (Lipinski definition) is 3. The van der Waals surface area contributed by atoms with Crippen LogP contribution in [0.2, 0.25) is 0 Å². The van der Waals surface area contributed by atoms with Crippen LogP contribution in [0, 0.1) is 0 Å². The normalized spacial score (nSPS) is 17.2. The second kappa shape index (κ2) is 13.1. The number of hydrogen-bond acceptors (Lipinski definition) is 7. The van der Waals surface area contributed by atoms with Crippen molar-refractivity contribution in [2.75, 3.05) is 45.9 Å². The molecule has 0 aromatic carbocycles. The highest BCUT2D eigenvalue weighted by molar-refractivity contribution is 5.79. The molecule has 2 amide bonds. The minimum absolute atomic E-state index is 0.0433. The summed E-state index contributed by atoms with van der Waals surface area (Å²) in [6.07, 6.45) is 2.31. The Labute approximate surface area is 165 Å². The third-order valence-corrected chi connectivity index (χ3v) is 4.54. The molecule has 4 N–H and O–H groups in total. The van der Waals surface area contributed by atoms with E-state index in [1.165, 1.54) is 0 Å². The van der Waals surface area contributed by atoms with E-state index in [0.29, 0.717) is 26.1 Å². The minimum Gasteiger partial charge on any atom is -0.480 e. The van der Waals surface area contributed by atoms with Gasteiger partial charge in [-0.25, -0.2) is 0 Å². The Hall–Kier alpha value is -2.20. The van der Waals surface area contributed by atoms with E-state index in [4.69, 9.17) is 15.6 Å². The zero-order valence-corrected chi connectivity index (χ0v) is 16.5. The topological polar surface area (TPSA) is 142 Å². The maximum Gasteiger partial charge on any atom is 0.317 e. The number of nitrogens with one attached hydrogen (secondary N) is 1. The Morgan fingerprint density at radius 3 is 2.57 bits per heavy atom. The molecule has 0 radical (unpaired) electrons. The van der Waals surface area contributed by atoms with Crippen LogP contribution in [-0.4, -0.2) is 90.6 Å². The quantitative estimate of drug-likeness (QED) is 0.285. The molecule has 1 unspecified atom stereocenters. The lowest BCUT2D eigenvalue weighted by Crippen LogP contribution is -2.57. The molecule has 10 heteroatoms. The lowest BCUT2D eigenvalue weighted by molar-refractivity contribution is -0.148. The maximum atomic E-state index is 12.4. The number of nitrogens with zero attached hydrogens (tertiary/aromatic N) is 2. The Bertz CT molecular complexity index is 542. The molecule has 1 saturated heterocycles. The van der Waals surface area contributed by atoms with Gasteiger partial charge in [0.25, 0.3) is 0 Å². The molecule has 0 aromatic heterocycles. The number of unbranched alkanes of at least 4 members (excludes halogenated alkanes) is 1. The van der Waals surface area contributed by atoms with E-state index < -0.39 is 5.97 Å². The summed E-state index contributed by atoms with van der Waals surface area (Å²) >= 11 is 0. The number of piperazine rings is 1. The van der Waals surface area contributed by atoms with Crippen LogP contribution in [0.1, 0.15) is 39.0 Å². The summed E-state index contributed by atoms with van der Waals surface area (Å²) in [7, 11) is 0.